The molecule has 2 nitrogen and oxygen atoms in total. The van der Waals surface area contributed by atoms with Crippen LogP contribution < -0.4 is 0 Å². The third kappa shape index (κ3) is 1.87. The van der Waals surface area contributed by atoms with Crippen LogP contribution in [0.1, 0.15) is 54.9 Å². The molecule has 3 atom stereocenters. The maximum Gasteiger partial charge on any atom is 0.310 e. The average Bonchev–Trinajstić information content (AvgIpc) is 2.51. The second-order valence-corrected chi connectivity index (χ2v) is 7.58. The van der Waals surface area contributed by atoms with E-state index in [1.54, 1.807) is 0 Å². The molecule has 1 saturated carbocycles. The molecule has 1 rings (SSSR count). The summed E-state index contributed by atoms with van der Waals surface area (Å²) in [5, 5.41) is 9.58. The van der Waals surface area contributed by atoms with Crippen molar-refractivity contribution in [3.05, 3.63) is 0 Å². The first-order chi connectivity index (χ1) is 6.94. The summed E-state index contributed by atoms with van der Waals surface area (Å²) in [5.74, 6) is 0.0102. The Hall–Kier alpha value is -0.530. The molecule has 0 radical (unpaired) electrons. The van der Waals surface area contributed by atoms with Crippen molar-refractivity contribution in [1.82, 2.24) is 0 Å². The lowest BCUT2D eigenvalue weighted by molar-refractivity contribution is -0.149. The largest absolute Gasteiger partial charge is 0.481 e. The Morgan fingerprint density at radius 1 is 1.19 bits per heavy atom. The van der Waals surface area contributed by atoms with E-state index in [1.807, 2.05) is 0 Å². The van der Waals surface area contributed by atoms with Crippen molar-refractivity contribution in [1.29, 1.82) is 0 Å². The molecule has 0 aromatic rings. The lowest BCUT2D eigenvalue weighted by atomic mass is 9.73. The molecular formula is C14H26O2. The van der Waals surface area contributed by atoms with Gasteiger partial charge in [0.25, 0.3) is 0 Å². The fourth-order valence-electron chi connectivity index (χ4n) is 3.56. The molecule has 94 valence electrons. The van der Waals surface area contributed by atoms with Gasteiger partial charge in [-0.25, -0.2) is 0 Å². The van der Waals surface area contributed by atoms with Gasteiger partial charge < -0.3 is 5.11 Å². The molecule has 0 aromatic heterocycles. The molecule has 16 heavy (non-hydrogen) atoms. The second kappa shape index (κ2) is 3.48. The van der Waals surface area contributed by atoms with E-state index in [1.165, 1.54) is 0 Å². The molecule has 1 fully saturated rings. The maximum atomic E-state index is 11.6. The van der Waals surface area contributed by atoms with Crippen LogP contribution in [0.3, 0.4) is 0 Å². The molecular weight excluding hydrogens is 200 g/mol. The number of rotatable bonds is 2. The van der Waals surface area contributed by atoms with Crippen LogP contribution in [0.4, 0.5) is 0 Å². The van der Waals surface area contributed by atoms with E-state index in [9.17, 15) is 9.90 Å². The Morgan fingerprint density at radius 3 is 1.81 bits per heavy atom. The van der Waals surface area contributed by atoms with Crippen LogP contribution in [-0.2, 0) is 4.79 Å². The number of hydrogen-bond acceptors (Lipinski definition) is 1. The molecule has 3 unspecified atom stereocenters. The predicted molar refractivity (Wildman–Crippen MR) is 66.2 cm³/mol. The molecule has 0 aromatic carbocycles. The molecule has 2 heteroatoms. The summed E-state index contributed by atoms with van der Waals surface area (Å²) in [6, 6.07) is 0. The minimum Gasteiger partial charge on any atom is -0.481 e. The number of carboxylic acids is 1. The van der Waals surface area contributed by atoms with Gasteiger partial charge in [0, 0.05) is 0 Å². The Bertz CT molecular complexity index is 293. The van der Waals surface area contributed by atoms with Gasteiger partial charge in [0.2, 0.25) is 0 Å². The molecule has 0 spiro atoms. The molecule has 0 heterocycles. The van der Waals surface area contributed by atoms with Crippen molar-refractivity contribution in [2.75, 3.05) is 0 Å². The topological polar surface area (TPSA) is 37.3 Å². The summed E-state index contributed by atoms with van der Waals surface area (Å²) in [4.78, 5) is 11.6. The lowest BCUT2D eigenvalue weighted by Crippen LogP contribution is -2.34. The predicted octanol–water partition coefficient (Wildman–Crippen LogP) is 3.81. The normalized spacial score (nSPS) is 34.9. The Balaban J connectivity index is 2.98. The molecule has 1 aliphatic rings. The minimum absolute atomic E-state index is 0.159. The highest BCUT2D eigenvalue weighted by molar-refractivity contribution is 5.80. The zero-order valence-corrected chi connectivity index (χ0v) is 11.7. The third-order valence-electron chi connectivity index (χ3n) is 4.22. The van der Waals surface area contributed by atoms with Gasteiger partial charge in [-0.15, -0.1) is 0 Å². The van der Waals surface area contributed by atoms with Gasteiger partial charge in [0.15, 0.2) is 0 Å². The SMILES string of the molecule is CC1C(CC(C)(C)C)C1(C(=O)O)C(C)(C)C. The quantitative estimate of drug-likeness (QED) is 0.777. The summed E-state index contributed by atoms with van der Waals surface area (Å²) < 4.78 is 0. The van der Waals surface area contributed by atoms with Gasteiger partial charge in [-0.1, -0.05) is 48.5 Å². The molecule has 0 amide bonds. The molecule has 0 aliphatic heterocycles. The van der Waals surface area contributed by atoms with E-state index < -0.39 is 11.4 Å². The first-order valence-corrected chi connectivity index (χ1v) is 6.18. The standard InChI is InChI=1S/C14H26O2/c1-9-10(8-12(2,3)4)14(9,11(15)16)13(5,6)7/h9-10H,8H2,1-7H3,(H,15,16). The van der Waals surface area contributed by atoms with Crippen molar-refractivity contribution in [2.45, 2.75) is 54.9 Å². The number of carbonyl (C=O) groups is 1. The number of aliphatic carboxylic acids is 1. The van der Waals surface area contributed by atoms with Crippen molar-refractivity contribution < 1.29 is 9.90 Å². The van der Waals surface area contributed by atoms with Crippen LogP contribution in [0.25, 0.3) is 0 Å². The Kier molecular flexibility index (Phi) is 2.94. The van der Waals surface area contributed by atoms with Crippen LogP contribution >= 0.6 is 0 Å². The van der Waals surface area contributed by atoms with Gasteiger partial charge in [0.1, 0.15) is 0 Å². The van der Waals surface area contributed by atoms with Crippen LogP contribution in [0.15, 0.2) is 0 Å². The Morgan fingerprint density at radius 2 is 1.62 bits per heavy atom. The van der Waals surface area contributed by atoms with E-state index in [4.69, 9.17) is 0 Å². The maximum absolute atomic E-state index is 11.6. The molecule has 0 saturated heterocycles. The van der Waals surface area contributed by atoms with Crippen LogP contribution in [0.5, 0.6) is 0 Å². The number of carboxylic acid groups (broad SMARTS) is 1. The van der Waals surface area contributed by atoms with Crippen molar-refractivity contribution in [3.63, 3.8) is 0 Å². The van der Waals surface area contributed by atoms with Crippen LogP contribution in [-0.4, -0.2) is 11.1 Å². The van der Waals surface area contributed by atoms with Crippen LogP contribution in [0, 0.1) is 28.1 Å². The van der Waals surface area contributed by atoms with Crippen molar-refractivity contribution in [3.8, 4) is 0 Å². The highest BCUT2D eigenvalue weighted by Gasteiger charge is 2.72. The molecule has 1 N–H and O–H groups in total. The fraction of sp³-hybridized carbons (Fsp3) is 0.929. The first-order valence-electron chi connectivity index (χ1n) is 6.18. The third-order valence-corrected chi connectivity index (χ3v) is 4.22. The average molecular weight is 226 g/mol. The van der Waals surface area contributed by atoms with Gasteiger partial charge in [-0.3, -0.25) is 4.79 Å². The fourth-order valence-corrected chi connectivity index (χ4v) is 3.56. The summed E-state index contributed by atoms with van der Waals surface area (Å²) in [6.07, 6.45) is 0.998. The highest BCUT2D eigenvalue weighted by Crippen LogP contribution is 2.70. The summed E-state index contributed by atoms with van der Waals surface area (Å²) in [6.45, 7) is 14.8. The highest BCUT2D eigenvalue weighted by atomic mass is 16.4. The zero-order chi connectivity index (χ0) is 12.9. The van der Waals surface area contributed by atoms with E-state index in [0.717, 1.165) is 6.42 Å². The summed E-state index contributed by atoms with van der Waals surface area (Å²) in [5.41, 5.74) is -0.462. The van der Waals surface area contributed by atoms with Gasteiger partial charge >= 0.3 is 5.97 Å². The van der Waals surface area contributed by atoms with Crippen LogP contribution in [0.2, 0.25) is 0 Å². The van der Waals surface area contributed by atoms with Crippen molar-refractivity contribution in [2.24, 2.45) is 28.1 Å². The molecule has 0 bridgehead atoms. The summed E-state index contributed by atoms with van der Waals surface area (Å²) >= 11 is 0. The smallest absolute Gasteiger partial charge is 0.310 e. The van der Waals surface area contributed by atoms with Gasteiger partial charge in [-0.05, 0) is 29.1 Å². The monoisotopic (exact) mass is 226 g/mol. The first kappa shape index (κ1) is 13.5. The van der Waals surface area contributed by atoms with E-state index in [2.05, 4.69) is 48.5 Å². The van der Waals surface area contributed by atoms with Gasteiger partial charge in [-0.2, -0.15) is 0 Å². The lowest BCUT2D eigenvalue weighted by Gasteiger charge is -2.30. The zero-order valence-electron chi connectivity index (χ0n) is 11.7. The van der Waals surface area contributed by atoms with E-state index in [-0.39, 0.29) is 10.8 Å². The van der Waals surface area contributed by atoms with Crippen molar-refractivity contribution >= 4 is 5.97 Å². The van der Waals surface area contributed by atoms with E-state index in [0.29, 0.717) is 11.8 Å². The van der Waals surface area contributed by atoms with Gasteiger partial charge in [0.05, 0.1) is 5.41 Å². The van der Waals surface area contributed by atoms with E-state index >= 15 is 0 Å². The summed E-state index contributed by atoms with van der Waals surface area (Å²) in [7, 11) is 0. The second-order valence-electron chi connectivity index (χ2n) is 7.58. The number of hydrogen-bond donors (Lipinski definition) is 1. The minimum atomic E-state index is -0.609. The molecule has 1 aliphatic carbocycles. The Labute approximate surface area is 99.4 Å².